The highest BCUT2D eigenvalue weighted by molar-refractivity contribution is 14.1. The normalized spacial score (nSPS) is 16.7. The summed E-state index contributed by atoms with van der Waals surface area (Å²) in [5.41, 5.74) is 0. The molecule has 0 atom stereocenters. The molecule has 1 heterocycles. The van der Waals surface area contributed by atoms with Gasteiger partial charge in [-0.1, -0.05) is 12.1 Å². The molecule has 2 rings (SSSR count). The number of likely N-dealkylation sites (tertiary alicyclic amines) is 1. The maximum Gasteiger partial charge on any atom is 0.193 e. The van der Waals surface area contributed by atoms with Gasteiger partial charge in [0, 0.05) is 39.5 Å². The lowest BCUT2D eigenvalue weighted by Gasteiger charge is -2.34. The number of hydrogen-bond donors (Lipinski definition) is 1. The Hall–Kier alpha value is -1.05. The molecule has 1 aromatic rings. The number of aliphatic imine (C=N–C) groups is 1. The van der Waals surface area contributed by atoms with Crippen molar-refractivity contribution >= 4 is 28.6 Å². The van der Waals surface area contributed by atoms with Crippen molar-refractivity contribution in [3.05, 3.63) is 27.8 Å². The van der Waals surface area contributed by atoms with Crippen LogP contribution in [0.4, 0.5) is 4.39 Å². The number of para-hydroxylation sites is 1. The number of guanidine groups is 1. The van der Waals surface area contributed by atoms with Gasteiger partial charge in [-0.25, -0.2) is 0 Å². The highest BCUT2D eigenvalue weighted by atomic mass is 127. The van der Waals surface area contributed by atoms with Crippen molar-refractivity contribution in [3.63, 3.8) is 0 Å². The average molecular weight is 419 g/mol. The zero-order chi connectivity index (χ0) is 15.8. The van der Waals surface area contributed by atoms with Crippen LogP contribution in [0.3, 0.4) is 0 Å². The van der Waals surface area contributed by atoms with E-state index in [4.69, 9.17) is 4.74 Å². The van der Waals surface area contributed by atoms with Crippen LogP contribution >= 0.6 is 22.6 Å². The van der Waals surface area contributed by atoms with Gasteiger partial charge in [0.25, 0.3) is 0 Å². The standard InChI is InChI=1S/C16H23FIN3O/c1-19-16(20-10-4-9-17)21-11-7-13(8-12-21)22-15-6-3-2-5-14(15)18/h2-3,5-6,13H,4,7-12H2,1H3,(H,19,20). The van der Waals surface area contributed by atoms with Crippen LogP contribution in [0.2, 0.25) is 0 Å². The molecule has 0 radical (unpaired) electrons. The molecular weight excluding hydrogens is 396 g/mol. The molecule has 6 heteroatoms. The Morgan fingerprint density at radius 1 is 1.41 bits per heavy atom. The molecule has 0 unspecified atom stereocenters. The molecule has 1 aromatic carbocycles. The maximum atomic E-state index is 12.2. The third-order valence-electron chi connectivity index (χ3n) is 3.68. The molecule has 0 spiro atoms. The Balaban J connectivity index is 1.81. The number of ether oxygens (including phenoxy) is 1. The van der Waals surface area contributed by atoms with Crippen LogP contribution in [-0.4, -0.2) is 50.3 Å². The van der Waals surface area contributed by atoms with E-state index in [0.717, 1.165) is 41.2 Å². The van der Waals surface area contributed by atoms with Gasteiger partial charge >= 0.3 is 0 Å². The van der Waals surface area contributed by atoms with E-state index in [2.05, 4.69) is 43.9 Å². The van der Waals surface area contributed by atoms with E-state index >= 15 is 0 Å². The monoisotopic (exact) mass is 419 g/mol. The molecule has 1 aliphatic heterocycles. The summed E-state index contributed by atoms with van der Waals surface area (Å²) in [5, 5.41) is 3.21. The molecule has 1 saturated heterocycles. The summed E-state index contributed by atoms with van der Waals surface area (Å²) < 4.78 is 19.4. The van der Waals surface area contributed by atoms with Gasteiger partial charge in [0.15, 0.2) is 5.96 Å². The minimum Gasteiger partial charge on any atom is -0.489 e. The zero-order valence-corrected chi connectivity index (χ0v) is 15.1. The molecule has 0 saturated carbocycles. The van der Waals surface area contributed by atoms with Gasteiger partial charge in [0.05, 0.1) is 10.2 Å². The molecule has 0 bridgehead atoms. The van der Waals surface area contributed by atoms with E-state index in [1.807, 2.05) is 18.2 Å². The quantitative estimate of drug-likeness (QED) is 0.345. The van der Waals surface area contributed by atoms with E-state index in [1.54, 1.807) is 7.05 Å². The maximum absolute atomic E-state index is 12.2. The van der Waals surface area contributed by atoms with Crippen molar-refractivity contribution in [2.75, 3.05) is 33.4 Å². The van der Waals surface area contributed by atoms with Crippen LogP contribution in [-0.2, 0) is 0 Å². The van der Waals surface area contributed by atoms with Crippen molar-refractivity contribution in [2.45, 2.75) is 25.4 Å². The lowest BCUT2D eigenvalue weighted by atomic mass is 10.1. The second-order valence-corrected chi connectivity index (χ2v) is 6.41. The Morgan fingerprint density at radius 2 is 2.14 bits per heavy atom. The number of nitrogens with one attached hydrogen (secondary N) is 1. The second-order valence-electron chi connectivity index (χ2n) is 5.25. The van der Waals surface area contributed by atoms with Crippen LogP contribution in [0.25, 0.3) is 0 Å². The van der Waals surface area contributed by atoms with E-state index in [9.17, 15) is 4.39 Å². The molecule has 1 N–H and O–H groups in total. The Bertz CT molecular complexity index is 490. The summed E-state index contributed by atoms with van der Waals surface area (Å²) in [6.45, 7) is 2.14. The SMILES string of the molecule is CN=C(NCCCF)N1CCC(Oc2ccccc2I)CC1. The number of piperidine rings is 1. The fourth-order valence-corrected chi connectivity index (χ4v) is 3.02. The number of rotatable bonds is 5. The summed E-state index contributed by atoms with van der Waals surface area (Å²) in [7, 11) is 1.77. The molecule has 1 aliphatic rings. The first kappa shape index (κ1) is 17.3. The van der Waals surface area contributed by atoms with E-state index in [-0.39, 0.29) is 12.8 Å². The van der Waals surface area contributed by atoms with Gasteiger partial charge in [-0.2, -0.15) is 0 Å². The highest BCUT2D eigenvalue weighted by Crippen LogP contribution is 2.24. The topological polar surface area (TPSA) is 36.9 Å². The van der Waals surface area contributed by atoms with Crippen molar-refractivity contribution in [1.29, 1.82) is 0 Å². The second kappa shape index (κ2) is 9.17. The van der Waals surface area contributed by atoms with Crippen LogP contribution in [0, 0.1) is 3.57 Å². The number of hydrogen-bond acceptors (Lipinski definition) is 2. The molecule has 1 fully saturated rings. The first-order valence-electron chi connectivity index (χ1n) is 7.67. The zero-order valence-electron chi connectivity index (χ0n) is 12.9. The highest BCUT2D eigenvalue weighted by Gasteiger charge is 2.23. The fourth-order valence-electron chi connectivity index (χ4n) is 2.50. The molecule has 4 nitrogen and oxygen atoms in total. The van der Waals surface area contributed by atoms with E-state index in [0.29, 0.717) is 13.0 Å². The Morgan fingerprint density at radius 3 is 2.77 bits per heavy atom. The molecule has 0 aliphatic carbocycles. The number of nitrogens with zero attached hydrogens (tertiary/aromatic N) is 2. The summed E-state index contributed by atoms with van der Waals surface area (Å²) in [6, 6.07) is 8.10. The van der Waals surface area contributed by atoms with Gasteiger partial charge in [-0.15, -0.1) is 0 Å². The summed E-state index contributed by atoms with van der Waals surface area (Å²) in [5.74, 6) is 1.83. The van der Waals surface area contributed by atoms with Crippen LogP contribution < -0.4 is 10.1 Å². The van der Waals surface area contributed by atoms with E-state index in [1.165, 1.54) is 0 Å². The van der Waals surface area contributed by atoms with Gasteiger partial charge in [0.2, 0.25) is 0 Å². The van der Waals surface area contributed by atoms with Crippen molar-refractivity contribution in [2.24, 2.45) is 4.99 Å². The first-order valence-corrected chi connectivity index (χ1v) is 8.75. The van der Waals surface area contributed by atoms with Gasteiger partial charge in [0.1, 0.15) is 11.9 Å². The summed E-state index contributed by atoms with van der Waals surface area (Å²) in [6.07, 6.45) is 2.70. The predicted molar refractivity (Wildman–Crippen MR) is 96.3 cm³/mol. The predicted octanol–water partition coefficient (Wildman–Crippen LogP) is 3.07. The molecule has 122 valence electrons. The van der Waals surface area contributed by atoms with Crippen LogP contribution in [0.5, 0.6) is 5.75 Å². The lowest BCUT2D eigenvalue weighted by Crippen LogP contribution is -2.47. The number of benzene rings is 1. The van der Waals surface area contributed by atoms with Gasteiger partial charge in [-0.3, -0.25) is 9.38 Å². The molecule has 22 heavy (non-hydrogen) atoms. The van der Waals surface area contributed by atoms with Crippen molar-refractivity contribution in [3.8, 4) is 5.75 Å². The molecule has 0 aromatic heterocycles. The average Bonchev–Trinajstić information content (AvgIpc) is 2.55. The van der Waals surface area contributed by atoms with Crippen molar-refractivity contribution in [1.82, 2.24) is 10.2 Å². The Labute approximate surface area is 145 Å². The third kappa shape index (κ3) is 5.00. The van der Waals surface area contributed by atoms with Crippen molar-refractivity contribution < 1.29 is 9.13 Å². The molecular formula is C16H23FIN3O. The third-order valence-corrected chi connectivity index (χ3v) is 4.57. The minimum absolute atomic E-state index is 0.246. The lowest BCUT2D eigenvalue weighted by molar-refractivity contribution is 0.128. The van der Waals surface area contributed by atoms with Gasteiger partial charge in [-0.05, 0) is 41.1 Å². The van der Waals surface area contributed by atoms with Gasteiger partial charge < -0.3 is 15.0 Å². The van der Waals surface area contributed by atoms with Crippen LogP contribution in [0.15, 0.2) is 29.3 Å². The molecule has 0 amide bonds. The number of halogens is 2. The summed E-state index contributed by atoms with van der Waals surface area (Å²) in [4.78, 5) is 6.49. The van der Waals surface area contributed by atoms with E-state index < -0.39 is 0 Å². The van der Waals surface area contributed by atoms with Crippen LogP contribution in [0.1, 0.15) is 19.3 Å². The number of alkyl halides is 1. The largest absolute Gasteiger partial charge is 0.489 e. The Kier molecular flexibility index (Phi) is 7.21. The fraction of sp³-hybridized carbons (Fsp3) is 0.562. The summed E-state index contributed by atoms with van der Waals surface area (Å²) >= 11 is 2.30. The minimum atomic E-state index is -0.296. The smallest absolute Gasteiger partial charge is 0.193 e. The first-order chi connectivity index (χ1) is 10.7.